The fraction of sp³-hybridized carbons (Fsp3) is 0.400. The number of hydrogen-bond acceptors (Lipinski definition) is 3. The van der Waals surface area contributed by atoms with Crippen molar-refractivity contribution in [3.8, 4) is 0 Å². The lowest BCUT2D eigenvalue weighted by Gasteiger charge is -2.36. The van der Waals surface area contributed by atoms with Crippen LogP contribution in [-0.4, -0.2) is 35.0 Å². The van der Waals surface area contributed by atoms with E-state index in [-0.39, 0.29) is 12.1 Å². The number of nitrogens with one attached hydrogen (secondary N) is 2. The number of carbonyl (C=O) groups excluding carboxylic acids is 1. The van der Waals surface area contributed by atoms with Crippen molar-refractivity contribution in [3.05, 3.63) is 59.9 Å². The van der Waals surface area contributed by atoms with Crippen molar-refractivity contribution in [1.29, 1.82) is 0 Å². The van der Waals surface area contributed by atoms with Gasteiger partial charge in [0.1, 0.15) is 0 Å². The van der Waals surface area contributed by atoms with E-state index >= 15 is 0 Å². The normalized spacial score (nSPS) is 17.0. The van der Waals surface area contributed by atoms with Gasteiger partial charge in [-0.25, -0.2) is 4.79 Å². The maximum atomic E-state index is 12.2. The molecule has 2 heterocycles. The van der Waals surface area contributed by atoms with Crippen molar-refractivity contribution in [2.24, 2.45) is 0 Å². The van der Waals surface area contributed by atoms with E-state index in [1.54, 1.807) is 12.4 Å². The number of nitrogens with zero attached hydrogens (tertiary/aromatic N) is 2. The van der Waals surface area contributed by atoms with Crippen LogP contribution in [0.1, 0.15) is 36.9 Å². The Morgan fingerprint density at radius 1 is 1.20 bits per heavy atom. The largest absolute Gasteiger partial charge is 0.335 e. The van der Waals surface area contributed by atoms with Gasteiger partial charge in [0.15, 0.2) is 0 Å². The Hall–Kier alpha value is -2.40. The van der Waals surface area contributed by atoms with Gasteiger partial charge in [-0.2, -0.15) is 0 Å². The predicted octanol–water partition coefficient (Wildman–Crippen LogP) is 3.74. The lowest BCUT2D eigenvalue weighted by atomic mass is 10.0. The van der Waals surface area contributed by atoms with Gasteiger partial charge >= 0.3 is 6.03 Å². The van der Waals surface area contributed by atoms with E-state index in [2.05, 4.69) is 57.8 Å². The van der Waals surface area contributed by atoms with E-state index in [1.165, 1.54) is 5.56 Å². The number of pyridine rings is 1. The van der Waals surface area contributed by atoms with E-state index in [4.69, 9.17) is 0 Å². The van der Waals surface area contributed by atoms with Crippen molar-refractivity contribution in [2.75, 3.05) is 18.4 Å². The molecule has 1 aliphatic heterocycles. The fourth-order valence-electron chi connectivity index (χ4n) is 3.33. The molecule has 0 aliphatic carbocycles. The van der Waals surface area contributed by atoms with Gasteiger partial charge in [-0.05, 0) is 43.9 Å². The maximum absolute atomic E-state index is 12.2. The third-order valence-corrected chi connectivity index (χ3v) is 4.96. The summed E-state index contributed by atoms with van der Waals surface area (Å²) in [6.45, 7) is 6.18. The standard InChI is InChI=1S/C20H26N4O/c1-15-14-21-11-8-19(15)23-20(25)22-18-9-12-24(13-10-18)16(2)17-6-4-3-5-7-17/h3-8,11,14,16,18H,9-10,12-13H2,1-2H3,(H2,21,22,23,25)/t16-/m0/s1. The molecule has 2 amide bonds. The molecular formula is C20H26N4O. The summed E-state index contributed by atoms with van der Waals surface area (Å²) in [6.07, 6.45) is 5.38. The van der Waals surface area contributed by atoms with Crippen LogP contribution in [0.15, 0.2) is 48.8 Å². The van der Waals surface area contributed by atoms with Gasteiger partial charge in [0, 0.05) is 43.3 Å². The topological polar surface area (TPSA) is 57.3 Å². The van der Waals surface area contributed by atoms with Crippen LogP contribution in [0.5, 0.6) is 0 Å². The first-order valence-corrected chi connectivity index (χ1v) is 8.90. The average Bonchev–Trinajstić information content (AvgIpc) is 2.64. The summed E-state index contributed by atoms with van der Waals surface area (Å²) < 4.78 is 0. The van der Waals surface area contributed by atoms with Gasteiger partial charge in [-0.3, -0.25) is 9.88 Å². The highest BCUT2D eigenvalue weighted by atomic mass is 16.2. The second-order valence-corrected chi connectivity index (χ2v) is 6.69. The summed E-state index contributed by atoms with van der Waals surface area (Å²) in [5.74, 6) is 0. The molecule has 1 aromatic heterocycles. The summed E-state index contributed by atoms with van der Waals surface area (Å²) in [6, 6.07) is 12.9. The summed E-state index contributed by atoms with van der Waals surface area (Å²) in [4.78, 5) is 18.7. The number of benzene rings is 1. The zero-order valence-corrected chi connectivity index (χ0v) is 14.9. The molecule has 3 rings (SSSR count). The molecule has 25 heavy (non-hydrogen) atoms. The number of likely N-dealkylation sites (tertiary alicyclic amines) is 1. The van der Waals surface area contributed by atoms with E-state index in [0.717, 1.165) is 37.2 Å². The Kier molecular flexibility index (Phi) is 5.66. The van der Waals surface area contributed by atoms with Gasteiger partial charge in [-0.1, -0.05) is 30.3 Å². The number of urea groups is 1. The monoisotopic (exact) mass is 338 g/mol. The fourth-order valence-corrected chi connectivity index (χ4v) is 3.33. The molecule has 0 unspecified atom stereocenters. The Bertz CT molecular complexity index is 696. The summed E-state index contributed by atoms with van der Waals surface area (Å²) >= 11 is 0. The van der Waals surface area contributed by atoms with Crippen molar-refractivity contribution in [2.45, 2.75) is 38.8 Å². The Balaban J connectivity index is 1.48. The first-order valence-electron chi connectivity index (χ1n) is 8.90. The van der Waals surface area contributed by atoms with Crippen molar-refractivity contribution in [3.63, 3.8) is 0 Å². The number of aromatic nitrogens is 1. The number of anilines is 1. The SMILES string of the molecule is Cc1cnccc1NC(=O)NC1CCN([C@@H](C)c2ccccc2)CC1. The van der Waals surface area contributed by atoms with Gasteiger partial charge in [0.2, 0.25) is 0 Å². The summed E-state index contributed by atoms with van der Waals surface area (Å²) in [5.41, 5.74) is 3.12. The quantitative estimate of drug-likeness (QED) is 0.893. The highest BCUT2D eigenvalue weighted by Gasteiger charge is 2.24. The zero-order valence-electron chi connectivity index (χ0n) is 14.9. The highest BCUT2D eigenvalue weighted by molar-refractivity contribution is 5.90. The van der Waals surface area contributed by atoms with Crippen LogP contribution in [0.3, 0.4) is 0 Å². The minimum absolute atomic E-state index is 0.135. The zero-order chi connectivity index (χ0) is 17.6. The van der Waals surface area contributed by atoms with Gasteiger partial charge in [0.05, 0.1) is 0 Å². The third-order valence-electron chi connectivity index (χ3n) is 4.96. The Labute approximate surface area is 149 Å². The van der Waals surface area contributed by atoms with Crippen LogP contribution in [0, 0.1) is 6.92 Å². The van der Waals surface area contributed by atoms with Crippen LogP contribution < -0.4 is 10.6 Å². The molecule has 5 heteroatoms. The molecule has 1 aliphatic rings. The van der Waals surface area contributed by atoms with Gasteiger partial charge in [-0.15, -0.1) is 0 Å². The Morgan fingerprint density at radius 2 is 1.92 bits per heavy atom. The predicted molar refractivity (Wildman–Crippen MR) is 101 cm³/mol. The molecule has 0 bridgehead atoms. The van der Waals surface area contributed by atoms with Crippen LogP contribution in [0.25, 0.3) is 0 Å². The number of rotatable bonds is 4. The van der Waals surface area contributed by atoms with Crippen LogP contribution in [0.4, 0.5) is 10.5 Å². The van der Waals surface area contributed by atoms with Crippen LogP contribution >= 0.6 is 0 Å². The number of amides is 2. The number of carbonyl (C=O) groups is 1. The van der Waals surface area contributed by atoms with Crippen LogP contribution in [0.2, 0.25) is 0 Å². The molecule has 1 saturated heterocycles. The van der Waals surface area contributed by atoms with Crippen LogP contribution in [-0.2, 0) is 0 Å². The second-order valence-electron chi connectivity index (χ2n) is 6.69. The molecule has 0 saturated carbocycles. The molecule has 2 N–H and O–H groups in total. The first-order chi connectivity index (χ1) is 12.1. The smallest absolute Gasteiger partial charge is 0.319 e. The minimum atomic E-state index is -0.135. The molecule has 0 radical (unpaired) electrons. The molecular weight excluding hydrogens is 312 g/mol. The lowest BCUT2D eigenvalue weighted by Crippen LogP contribution is -2.46. The Morgan fingerprint density at radius 3 is 2.60 bits per heavy atom. The molecule has 1 atom stereocenters. The van der Waals surface area contributed by atoms with Crippen molar-refractivity contribution < 1.29 is 4.79 Å². The average molecular weight is 338 g/mol. The van der Waals surface area contributed by atoms with E-state index < -0.39 is 0 Å². The third kappa shape index (κ3) is 4.57. The molecule has 1 aromatic carbocycles. The molecule has 2 aromatic rings. The minimum Gasteiger partial charge on any atom is -0.335 e. The van der Waals surface area contributed by atoms with E-state index in [0.29, 0.717) is 6.04 Å². The second kappa shape index (κ2) is 8.12. The van der Waals surface area contributed by atoms with Crippen molar-refractivity contribution >= 4 is 11.7 Å². The first kappa shape index (κ1) is 17.4. The summed E-state index contributed by atoms with van der Waals surface area (Å²) in [5, 5.41) is 6.01. The van der Waals surface area contributed by atoms with Crippen molar-refractivity contribution in [1.82, 2.24) is 15.2 Å². The molecule has 1 fully saturated rings. The van der Waals surface area contributed by atoms with Gasteiger partial charge in [0.25, 0.3) is 0 Å². The van der Waals surface area contributed by atoms with E-state index in [9.17, 15) is 4.79 Å². The number of hydrogen-bond donors (Lipinski definition) is 2. The van der Waals surface area contributed by atoms with Gasteiger partial charge < -0.3 is 10.6 Å². The highest BCUT2D eigenvalue weighted by Crippen LogP contribution is 2.24. The lowest BCUT2D eigenvalue weighted by molar-refractivity contribution is 0.154. The molecule has 132 valence electrons. The molecule has 0 spiro atoms. The number of aryl methyl sites for hydroxylation is 1. The van der Waals surface area contributed by atoms with E-state index in [1.807, 2.05) is 13.0 Å². The summed E-state index contributed by atoms with van der Waals surface area (Å²) in [7, 11) is 0. The molecule has 5 nitrogen and oxygen atoms in total. The maximum Gasteiger partial charge on any atom is 0.319 e. The number of piperidine rings is 1.